The quantitative estimate of drug-likeness (QED) is 0.549. The first-order valence-corrected chi connectivity index (χ1v) is 4.75. The molecule has 1 saturated heterocycles. The van der Waals surface area contributed by atoms with Crippen LogP contribution in [-0.2, 0) is 0 Å². The lowest BCUT2D eigenvalue weighted by Gasteiger charge is -2.22. The highest BCUT2D eigenvalue weighted by Gasteiger charge is 2.26. The molecule has 4 heteroatoms. The maximum atomic E-state index is 5.47. The summed E-state index contributed by atoms with van der Waals surface area (Å²) in [6.45, 7) is 2.72. The molecule has 0 bridgehead atoms. The molecule has 1 atom stereocenters. The fourth-order valence-electron chi connectivity index (χ4n) is 1.71. The van der Waals surface area contributed by atoms with Crippen LogP contribution in [0.1, 0.15) is 6.42 Å². The van der Waals surface area contributed by atoms with Gasteiger partial charge >= 0.3 is 0 Å². The van der Waals surface area contributed by atoms with Crippen molar-refractivity contribution in [2.24, 2.45) is 5.73 Å². The minimum atomic E-state index is 0.447. The lowest BCUT2D eigenvalue weighted by Crippen LogP contribution is -2.32. The second-order valence-corrected chi connectivity index (χ2v) is 3.33. The third-order valence-corrected chi connectivity index (χ3v) is 2.40. The normalized spacial score (nSPS) is 25.5. The number of nitrogens with zero attached hydrogens (tertiary/aromatic N) is 1. The second-order valence-electron chi connectivity index (χ2n) is 3.33. The molecule has 0 aromatic heterocycles. The zero-order valence-electron chi connectivity index (χ0n) is 7.66. The number of nitrogens with two attached hydrogens (primary N) is 1. The van der Waals surface area contributed by atoms with Gasteiger partial charge in [-0.15, -0.1) is 0 Å². The molecule has 1 unspecified atom stereocenters. The van der Waals surface area contributed by atoms with Crippen molar-refractivity contribution in [1.29, 1.82) is 0 Å². The Bertz CT molecular complexity index is 234. The van der Waals surface area contributed by atoms with Crippen molar-refractivity contribution in [3.05, 3.63) is 24.0 Å². The van der Waals surface area contributed by atoms with Crippen molar-refractivity contribution in [2.45, 2.75) is 12.5 Å². The van der Waals surface area contributed by atoms with Gasteiger partial charge in [0.05, 0.1) is 11.7 Å². The summed E-state index contributed by atoms with van der Waals surface area (Å²) < 4.78 is 0. The fourth-order valence-corrected chi connectivity index (χ4v) is 1.71. The number of dihydropyridines is 1. The topological polar surface area (TPSA) is 53.3 Å². The van der Waals surface area contributed by atoms with Gasteiger partial charge in [-0.3, -0.25) is 0 Å². The summed E-state index contributed by atoms with van der Waals surface area (Å²) in [5, 5.41) is 5.49. The molecule has 2 aliphatic heterocycles. The molecular weight excluding hydrogens is 164 g/mol. The lowest BCUT2D eigenvalue weighted by molar-refractivity contribution is 0.295. The summed E-state index contributed by atoms with van der Waals surface area (Å²) in [7, 11) is 0. The molecule has 2 aliphatic rings. The van der Waals surface area contributed by atoms with E-state index in [-0.39, 0.29) is 0 Å². The smallest absolute Gasteiger partial charge is 0.0814 e. The number of hydrogen-bond donors (Lipinski definition) is 3. The van der Waals surface area contributed by atoms with Crippen LogP contribution in [-0.4, -0.2) is 30.7 Å². The van der Waals surface area contributed by atoms with E-state index in [1.54, 1.807) is 0 Å². The van der Waals surface area contributed by atoms with Gasteiger partial charge in [0.15, 0.2) is 0 Å². The largest absolute Gasteiger partial charge is 0.381 e. The van der Waals surface area contributed by atoms with E-state index < -0.39 is 0 Å². The summed E-state index contributed by atoms with van der Waals surface area (Å²) in [6.07, 6.45) is 7.20. The van der Waals surface area contributed by atoms with Gasteiger partial charge in [-0.05, 0) is 31.3 Å². The molecule has 0 amide bonds. The Hall–Kier alpha value is -1.00. The number of hydrazine groups is 1. The number of fused-ring (bicyclic) bond motifs is 1. The zero-order chi connectivity index (χ0) is 9.10. The molecule has 0 aromatic rings. The Morgan fingerprint density at radius 1 is 1.62 bits per heavy atom. The van der Waals surface area contributed by atoms with E-state index in [1.165, 1.54) is 5.70 Å². The van der Waals surface area contributed by atoms with Gasteiger partial charge in [-0.2, -0.15) is 0 Å². The summed E-state index contributed by atoms with van der Waals surface area (Å²) in [5.41, 5.74) is 10.1. The average Bonchev–Trinajstić information content (AvgIpc) is 2.58. The van der Waals surface area contributed by atoms with Gasteiger partial charge < -0.3 is 16.1 Å². The lowest BCUT2D eigenvalue weighted by atomic mass is 10.2. The van der Waals surface area contributed by atoms with Gasteiger partial charge in [-0.25, -0.2) is 5.43 Å². The summed E-state index contributed by atoms with van der Waals surface area (Å²) in [5.74, 6) is 0. The number of rotatable bonds is 3. The van der Waals surface area contributed by atoms with E-state index in [2.05, 4.69) is 21.8 Å². The summed E-state index contributed by atoms with van der Waals surface area (Å²) in [6, 6.07) is 0.447. The number of nitrogens with one attached hydrogen (secondary N) is 2. The van der Waals surface area contributed by atoms with Crippen molar-refractivity contribution in [1.82, 2.24) is 15.8 Å². The third kappa shape index (κ3) is 1.68. The maximum absolute atomic E-state index is 5.47. The molecule has 0 saturated carbocycles. The number of hydrogen-bond acceptors (Lipinski definition) is 4. The van der Waals surface area contributed by atoms with E-state index in [4.69, 9.17) is 5.73 Å². The van der Waals surface area contributed by atoms with Crippen LogP contribution in [0.15, 0.2) is 24.0 Å². The Morgan fingerprint density at radius 3 is 3.38 bits per heavy atom. The van der Waals surface area contributed by atoms with E-state index in [1.807, 2.05) is 12.3 Å². The highest BCUT2D eigenvalue weighted by molar-refractivity contribution is 5.24. The van der Waals surface area contributed by atoms with E-state index in [9.17, 15) is 0 Å². The van der Waals surface area contributed by atoms with Gasteiger partial charge in [-0.1, -0.05) is 0 Å². The van der Waals surface area contributed by atoms with Crippen molar-refractivity contribution >= 4 is 0 Å². The third-order valence-electron chi connectivity index (χ3n) is 2.40. The molecule has 13 heavy (non-hydrogen) atoms. The van der Waals surface area contributed by atoms with E-state index in [0.717, 1.165) is 26.1 Å². The Labute approximate surface area is 78.4 Å². The van der Waals surface area contributed by atoms with Gasteiger partial charge in [0.25, 0.3) is 0 Å². The van der Waals surface area contributed by atoms with Crippen molar-refractivity contribution < 1.29 is 0 Å². The predicted molar refractivity (Wildman–Crippen MR) is 52.5 cm³/mol. The van der Waals surface area contributed by atoms with Gasteiger partial charge in [0, 0.05) is 13.1 Å². The molecule has 0 aliphatic carbocycles. The van der Waals surface area contributed by atoms with Crippen LogP contribution in [0.3, 0.4) is 0 Å². The second kappa shape index (κ2) is 3.81. The minimum Gasteiger partial charge on any atom is -0.381 e. The van der Waals surface area contributed by atoms with E-state index >= 15 is 0 Å². The van der Waals surface area contributed by atoms with E-state index in [0.29, 0.717) is 6.04 Å². The Kier molecular flexibility index (Phi) is 2.52. The average molecular weight is 180 g/mol. The predicted octanol–water partition coefficient (Wildman–Crippen LogP) is -0.475. The Balaban J connectivity index is 1.97. The molecule has 4 nitrogen and oxygen atoms in total. The zero-order valence-corrected chi connectivity index (χ0v) is 7.66. The highest BCUT2D eigenvalue weighted by atomic mass is 15.5. The standard InChI is InChI=1S/C9H16N4/c10-4-2-6-13-9-3-1-5-11-8(9)7-12-13/h1,3,5,8,11-12H,2,4,6-7,10H2. The summed E-state index contributed by atoms with van der Waals surface area (Å²) >= 11 is 0. The van der Waals surface area contributed by atoms with Crippen LogP contribution < -0.4 is 16.5 Å². The monoisotopic (exact) mass is 180 g/mol. The fraction of sp³-hybridized carbons (Fsp3) is 0.556. The Morgan fingerprint density at radius 2 is 2.54 bits per heavy atom. The number of allylic oxidation sites excluding steroid dienone is 2. The van der Waals surface area contributed by atoms with Gasteiger partial charge in [0.1, 0.15) is 0 Å². The van der Waals surface area contributed by atoms with Crippen molar-refractivity contribution in [2.75, 3.05) is 19.6 Å². The molecule has 4 N–H and O–H groups in total. The van der Waals surface area contributed by atoms with Crippen molar-refractivity contribution in [3.63, 3.8) is 0 Å². The van der Waals surface area contributed by atoms with Crippen LogP contribution in [0, 0.1) is 0 Å². The van der Waals surface area contributed by atoms with Crippen LogP contribution in [0.25, 0.3) is 0 Å². The molecule has 1 fully saturated rings. The highest BCUT2D eigenvalue weighted by Crippen LogP contribution is 2.16. The molecule has 0 radical (unpaired) electrons. The maximum Gasteiger partial charge on any atom is 0.0814 e. The molecule has 72 valence electrons. The molecule has 2 rings (SSSR count). The van der Waals surface area contributed by atoms with Crippen molar-refractivity contribution in [3.8, 4) is 0 Å². The van der Waals surface area contributed by atoms with Crippen LogP contribution in [0.2, 0.25) is 0 Å². The van der Waals surface area contributed by atoms with Crippen LogP contribution in [0.5, 0.6) is 0 Å². The minimum absolute atomic E-state index is 0.447. The molecule has 2 heterocycles. The first kappa shape index (κ1) is 8.59. The molecule has 0 spiro atoms. The van der Waals surface area contributed by atoms with Gasteiger partial charge in [0.2, 0.25) is 0 Å². The first-order chi connectivity index (χ1) is 6.42. The van der Waals surface area contributed by atoms with Crippen LogP contribution >= 0.6 is 0 Å². The SMILES string of the molecule is NCCCN1NCC2NC=CC=C21. The van der Waals surface area contributed by atoms with Crippen LogP contribution in [0.4, 0.5) is 0 Å². The molecular formula is C9H16N4. The first-order valence-electron chi connectivity index (χ1n) is 4.75. The molecule has 0 aromatic carbocycles. The summed E-state index contributed by atoms with van der Waals surface area (Å²) in [4.78, 5) is 0.